The molecule has 0 saturated carbocycles. The maximum atomic E-state index is 13.0. The molecule has 3 aromatic rings. The van der Waals surface area contributed by atoms with E-state index in [9.17, 15) is 29.8 Å². The molecular formula is C22H16ClN3O7. The fourth-order valence-corrected chi connectivity index (χ4v) is 3.28. The molecule has 1 N–H and O–H groups in total. The van der Waals surface area contributed by atoms with Gasteiger partial charge in [0, 0.05) is 23.8 Å². The number of anilines is 1. The minimum atomic E-state index is -1.48. The van der Waals surface area contributed by atoms with Crippen LogP contribution < -0.4 is 5.32 Å². The summed E-state index contributed by atoms with van der Waals surface area (Å²) in [6.45, 7) is 1.51. The first kappa shape index (κ1) is 23.4. The lowest BCUT2D eigenvalue weighted by Gasteiger charge is -2.19. The highest BCUT2D eigenvalue weighted by Gasteiger charge is 2.30. The summed E-state index contributed by atoms with van der Waals surface area (Å²) < 4.78 is 5.42. The fourth-order valence-electron chi connectivity index (χ4n) is 3.05. The highest BCUT2D eigenvalue weighted by Crippen LogP contribution is 2.30. The zero-order valence-corrected chi connectivity index (χ0v) is 17.8. The van der Waals surface area contributed by atoms with Gasteiger partial charge < -0.3 is 10.1 Å². The first-order chi connectivity index (χ1) is 15.7. The van der Waals surface area contributed by atoms with E-state index in [0.29, 0.717) is 11.1 Å². The number of nitrogens with zero attached hydrogens (tertiary/aromatic N) is 2. The van der Waals surface area contributed by atoms with E-state index in [0.717, 1.165) is 18.2 Å². The number of amides is 1. The van der Waals surface area contributed by atoms with E-state index in [4.69, 9.17) is 16.3 Å². The number of carbonyl (C=O) groups is 2. The first-order valence-corrected chi connectivity index (χ1v) is 9.81. The predicted octanol–water partition coefficient (Wildman–Crippen LogP) is 5.00. The number of benzene rings is 3. The Balaban J connectivity index is 1.94. The van der Waals surface area contributed by atoms with E-state index in [1.54, 1.807) is 30.3 Å². The summed E-state index contributed by atoms with van der Waals surface area (Å²) >= 11 is 6.04. The molecule has 10 nitrogen and oxygen atoms in total. The summed E-state index contributed by atoms with van der Waals surface area (Å²) in [6.07, 6.45) is -1.48. The van der Waals surface area contributed by atoms with E-state index < -0.39 is 33.5 Å². The number of aryl methyl sites for hydroxylation is 1. The Morgan fingerprint density at radius 1 is 0.970 bits per heavy atom. The molecule has 168 valence electrons. The Hall–Kier alpha value is -4.31. The van der Waals surface area contributed by atoms with Crippen LogP contribution in [-0.4, -0.2) is 21.7 Å². The molecule has 1 amide bonds. The van der Waals surface area contributed by atoms with Gasteiger partial charge in [-0.3, -0.25) is 25.0 Å². The summed E-state index contributed by atoms with van der Waals surface area (Å²) in [7, 11) is 0. The standard InChI is InChI=1S/C22H16ClN3O7/c1-13-6-5-9-18(26(31)32)19(13)22(28)33-20(14-7-3-2-4-8-14)21(27)24-17-11-10-15(25(29)30)12-16(17)23/h2-12,20H,1H3,(H,24,27). The molecule has 0 aromatic heterocycles. The largest absolute Gasteiger partial charge is 0.443 e. The van der Waals surface area contributed by atoms with Gasteiger partial charge in [-0.25, -0.2) is 4.79 Å². The molecule has 0 heterocycles. The molecule has 0 radical (unpaired) electrons. The molecule has 11 heteroatoms. The van der Waals surface area contributed by atoms with Crippen LogP contribution in [0.5, 0.6) is 0 Å². The molecule has 3 rings (SSSR count). The zero-order valence-electron chi connectivity index (χ0n) is 17.1. The van der Waals surface area contributed by atoms with E-state index >= 15 is 0 Å². The van der Waals surface area contributed by atoms with E-state index in [1.807, 2.05) is 0 Å². The number of non-ortho nitro benzene ring substituents is 1. The molecule has 1 atom stereocenters. The van der Waals surface area contributed by atoms with Crippen LogP contribution in [0.2, 0.25) is 5.02 Å². The van der Waals surface area contributed by atoms with Crippen molar-refractivity contribution in [3.63, 3.8) is 0 Å². The minimum Gasteiger partial charge on any atom is -0.443 e. The van der Waals surface area contributed by atoms with E-state index in [-0.39, 0.29) is 22.0 Å². The Kier molecular flexibility index (Phi) is 6.99. The van der Waals surface area contributed by atoms with E-state index in [2.05, 4.69) is 5.32 Å². The summed E-state index contributed by atoms with van der Waals surface area (Å²) in [6, 6.07) is 15.6. The number of halogens is 1. The molecule has 0 saturated heterocycles. The quantitative estimate of drug-likeness (QED) is 0.291. The second kappa shape index (κ2) is 9.88. The predicted molar refractivity (Wildman–Crippen MR) is 119 cm³/mol. The van der Waals surface area contributed by atoms with Crippen LogP contribution in [0, 0.1) is 27.2 Å². The highest BCUT2D eigenvalue weighted by atomic mass is 35.5. The van der Waals surface area contributed by atoms with Gasteiger partial charge in [0.05, 0.1) is 20.6 Å². The topological polar surface area (TPSA) is 142 Å². The lowest BCUT2D eigenvalue weighted by Crippen LogP contribution is -2.26. The van der Waals surface area contributed by atoms with Crippen molar-refractivity contribution in [1.29, 1.82) is 0 Å². The molecule has 3 aromatic carbocycles. The number of rotatable bonds is 7. The Bertz CT molecular complexity index is 1250. The third-order valence-corrected chi connectivity index (χ3v) is 4.95. The molecule has 0 fully saturated rings. The smallest absolute Gasteiger partial charge is 0.346 e. The number of nitrogens with one attached hydrogen (secondary N) is 1. The van der Waals surface area contributed by atoms with Crippen LogP contribution in [0.4, 0.5) is 17.1 Å². The summed E-state index contributed by atoms with van der Waals surface area (Å²) in [4.78, 5) is 46.9. The van der Waals surface area contributed by atoms with Crippen LogP contribution in [-0.2, 0) is 9.53 Å². The van der Waals surface area contributed by atoms with Crippen molar-refractivity contribution in [3.8, 4) is 0 Å². The zero-order chi connectivity index (χ0) is 24.1. The molecular weight excluding hydrogens is 454 g/mol. The molecule has 0 bridgehead atoms. The molecule has 0 aliphatic heterocycles. The summed E-state index contributed by atoms with van der Waals surface area (Å²) in [5.74, 6) is -1.86. The maximum Gasteiger partial charge on any atom is 0.346 e. The van der Waals surface area contributed by atoms with Crippen molar-refractivity contribution in [3.05, 3.63) is 109 Å². The van der Waals surface area contributed by atoms with Crippen molar-refractivity contribution in [1.82, 2.24) is 0 Å². The second-order valence-corrected chi connectivity index (χ2v) is 7.24. The van der Waals surface area contributed by atoms with Crippen LogP contribution in [0.3, 0.4) is 0 Å². The molecule has 33 heavy (non-hydrogen) atoms. The van der Waals surface area contributed by atoms with Crippen molar-refractivity contribution in [2.75, 3.05) is 5.32 Å². The number of ether oxygens (including phenoxy) is 1. The third kappa shape index (κ3) is 5.31. The van der Waals surface area contributed by atoms with Crippen molar-refractivity contribution >= 4 is 40.5 Å². The SMILES string of the molecule is Cc1cccc([N+](=O)[O-])c1C(=O)OC(C(=O)Nc1ccc([N+](=O)[O-])cc1Cl)c1ccccc1. The van der Waals surface area contributed by atoms with Gasteiger partial charge in [-0.05, 0) is 18.6 Å². The third-order valence-electron chi connectivity index (χ3n) is 4.64. The number of hydrogen-bond acceptors (Lipinski definition) is 7. The highest BCUT2D eigenvalue weighted by molar-refractivity contribution is 6.34. The first-order valence-electron chi connectivity index (χ1n) is 9.43. The van der Waals surface area contributed by atoms with Gasteiger partial charge in [-0.1, -0.05) is 54.1 Å². The van der Waals surface area contributed by atoms with Crippen molar-refractivity contribution in [2.24, 2.45) is 0 Å². The fraction of sp³-hybridized carbons (Fsp3) is 0.0909. The Morgan fingerprint density at radius 2 is 1.67 bits per heavy atom. The van der Waals surface area contributed by atoms with E-state index in [1.165, 1.54) is 25.1 Å². The average molecular weight is 470 g/mol. The van der Waals surface area contributed by atoms with Gasteiger partial charge in [-0.2, -0.15) is 0 Å². The lowest BCUT2D eigenvalue weighted by molar-refractivity contribution is -0.385. The molecule has 0 spiro atoms. The number of nitro benzene ring substituents is 2. The van der Waals surface area contributed by atoms with Crippen LogP contribution in [0.1, 0.15) is 27.6 Å². The van der Waals surface area contributed by atoms with Crippen LogP contribution >= 0.6 is 11.6 Å². The number of carbonyl (C=O) groups excluding carboxylic acids is 2. The molecule has 0 aliphatic rings. The molecule has 1 unspecified atom stereocenters. The van der Waals surface area contributed by atoms with Gasteiger partial charge in [0.25, 0.3) is 17.3 Å². The van der Waals surface area contributed by atoms with Gasteiger partial charge in [0.1, 0.15) is 5.56 Å². The number of esters is 1. The Labute approximate surface area is 192 Å². The lowest BCUT2D eigenvalue weighted by atomic mass is 10.1. The molecule has 0 aliphatic carbocycles. The van der Waals surface area contributed by atoms with Gasteiger partial charge in [0.2, 0.25) is 6.10 Å². The van der Waals surface area contributed by atoms with Gasteiger partial charge in [-0.15, -0.1) is 0 Å². The maximum absolute atomic E-state index is 13.0. The van der Waals surface area contributed by atoms with Crippen molar-refractivity contribution < 1.29 is 24.2 Å². The van der Waals surface area contributed by atoms with Crippen molar-refractivity contribution in [2.45, 2.75) is 13.0 Å². The number of nitro groups is 2. The minimum absolute atomic E-state index is 0.0612. The normalized spacial score (nSPS) is 11.3. The average Bonchev–Trinajstić information content (AvgIpc) is 2.78. The van der Waals surface area contributed by atoms with Gasteiger partial charge in [0.15, 0.2) is 0 Å². The van der Waals surface area contributed by atoms with Crippen LogP contribution in [0.15, 0.2) is 66.7 Å². The van der Waals surface area contributed by atoms with Crippen LogP contribution in [0.25, 0.3) is 0 Å². The van der Waals surface area contributed by atoms with Gasteiger partial charge >= 0.3 is 5.97 Å². The number of hydrogen-bond donors (Lipinski definition) is 1. The second-order valence-electron chi connectivity index (χ2n) is 6.83. The summed E-state index contributed by atoms with van der Waals surface area (Å²) in [5, 5.41) is 24.7. The summed E-state index contributed by atoms with van der Waals surface area (Å²) in [5.41, 5.74) is -0.324. The monoisotopic (exact) mass is 469 g/mol. The Morgan fingerprint density at radius 3 is 2.27 bits per heavy atom.